The van der Waals surface area contributed by atoms with E-state index >= 15 is 0 Å². The Morgan fingerprint density at radius 2 is 1.80 bits per heavy atom. The third-order valence-electron chi connectivity index (χ3n) is 6.47. The molecular formula is C18H32N4O3. The number of nitrogens with zero attached hydrogens (tertiary/aromatic N) is 4. The molecule has 7 heteroatoms. The molecule has 0 atom stereocenters. The molecule has 142 valence electrons. The fraction of sp³-hybridized carbons (Fsp3) is 0.889. The zero-order valence-corrected chi connectivity index (χ0v) is 15.8. The van der Waals surface area contributed by atoms with Crippen molar-refractivity contribution >= 4 is 12.1 Å². The van der Waals surface area contributed by atoms with Gasteiger partial charge in [0.1, 0.15) is 0 Å². The van der Waals surface area contributed by atoms with Crippen molar-refractivity contribution < 1.29 is 14.7 Å². The van der Waals surface area contributed by atoms with Crippen molar-refractivity contribution in [2.24, 2.45) is 5.41 Å². The molecule has 2 saturated heterocycles. The highest BCUT2D eigenvalue weighted by Gasteiger charge is 2.51. The van der Waals surface area contributed by atoms with Gasteiger partial charge in [-0.25, -0.2) is 9.59 Å². The number of urea groups is 1. The minimum absolute atomic E-state index is 0.114. The normalized spacial score (nSPS) is 30.4. The summed E-state index contributed by atoms with van der Waals surface area (Å²) >= 11 is 0. The SMILES string of the molecule is CCN(C(=O)N(C)C)C1CCN(C2CC3(CCN(C(=O)O)C3)C2)CC1. The van der Waals surface area contributed by atoms with Crippen LogP contribution in [0.2, 0.25) is 0 Å². The van der Waals surface area contributed by atoms with Crippen molar-refractivity contribution in [2.75, 3.05) is 46.8 Å². The quantitative estimate of drug-likeness (QED) is 0.843. The number of hydrogen-bond acceptors (Lipinski definition) is 3. The maximum atomic E-state index is 12.3. The highest BCUT2D eigenvalue weighted by Crippen LogP contribution is 2.50. The van der Waals surface area contributed by atoms with E-state index in [1.54, 1.807) is 9.80 Å². The number of rotatable bonds is 3. The van der Waals surface area contributed by atoms with Gasteiger partial charge in [0, 0.05) is 58.9 Å². The van der Waals surface area contributed by atoms with Crippen LogP contribution in [0.3, 0.4) is 0 Å². The summed E-state index contributed by atoms with van der Waals surface area (Å²) in [5.74, 6) is 0. The fourth-order valence-corrected chi connectivity index (χ4v) is 5.00. The fourth-order valence-electron chi connectivity index (χ4n) is 5.00. The van der Waals surface area contributed by atoms with Crippen LogP contribution in [0.1, 0.15) is 39.0 Å². The van der Waals surface area contributed by atoms with Crippen molar-refractivity contribution in [3.05, 3.63) is 0 Å². The molecule has 1 N–H and O–H groups in total. The van der Waals surface area contributed by atoms with Gasteiger partial charge in [0.2, 0.25) is 0 Å². The monoisotopic (exact) mass is 352 g/mol. The first-order valence-corrected chi connectivity index (χ1v) is 9.55. The van der Waals surface area contributed by atoms with Gasteiger partial charge in [0.15, 0.2) is 0 Å². The van der Waals surface area contributed by atoms with E-state index in [1.165, 1.54) is 0 Å². The number of carbonyl (C=O) groups is 2. The predicted octanol–water partition coefficient (Wildman–Crippen LogP) is 1.99. The second-order valence-corrected chi connectivity index (χ2v) is 8.25. The van der Waals surface area contributed by atoms with E-state index < -0.39 is 6.09 Å². The summed E-state index contributed by atoms with van der Waals surface area (Å²) in [6, 6.07) is 1.07. The molecule has 3 fully saturated rings. The van der Waals surface area contributed by atoms with Gasteiger partial charge in [-0.2, -0.15) is 0 Å². The lowest BCUT2D eigenvalue weighted by molar-refractivity contribution is -0.0124. The van der Waals surface area contributed by atoms with Gasteiger partial charge in [-0.3, -0.25) is 0 Å². The van der Waals surface area contributed by atoms with Crippen LogP contribution < -0.4 is 0 Å². The summed E-state index contributed by atoms with van der Waals surface area (Å²) in [6.07, 6.45) is 4.60. The third-order valence-corrected chi connectivity index (χ3v) is 6.47. The molecule has 3 aliphatic rings. The van der Waals surface area contributed by atoms with E-state index in [-0.39, 0.29) is 11.4 Å². The molecule has 1 aliphatic carbocycles. The van der Waals surface area contributed by atoms with Crippen LogP contribution in [0.15, 0.2) is 0 Å². The van der Waals surface area contributed by atoms with Crippen molar-refractivity contribution in [3.8, 4) is 0 Å². The highest BCUT2D eigenvalue weighted by molar-refractivity contribution is 5.74. The first-order valence-electron chi connectivity index (χ1n) is 9.55. The number of likely N-dealkylation sites (tertiary alicyclic amines) is 2. The summed E-state index contributed by atoms with van der Waals surface area (Å²) < 4.78 is 0. The third kappa shape index (κ3) is 3.57. The molecule has 1 spiro atoms. The topological polar surface area (TPSA) is 67.3 Å². The Labute approximate surface area is 150 Å². The number of carboxylic acid groups (broad SMARTS) is 1. The number of carbonyl (C=O) groups excluding carboxylic acids is 1. The molecule has 1 saturated carbocycles. The molecule has 3 rings (SSSR count). The number of hydrogen-bond donors (Lipinski definition) is 1. The van der Waals surface area contributed by atoms with E-state index in [4.69, 9.17) is 5.11 Å². The molecule has 0 radical (unpaired) electrons. The van der Waals surface area contributed by atoms with E-state index in [2.05, 4.69) is 11.8 Å². The first kappa shape index (κ1) is 18.3. The van der Waals surface area contributed by atoms with Crippen LogP contribution in [-0.4, -0.2) is 95.7 Å². The van der Waals surface area contributed by atoms with Gasteiger partial charge in [-0.1, -0.05) is 0 Å². The summed E-state index contributed by atoms with van der Waals surface area (Å²) in [7, 11) is 3.63. The summed E-state index contributed by atoms with van der Waals surface area (Å²) in [5.41, 5.74) is 0.246. The minimum atomic E-state index is -0.772. The Bertz CT molecular complexity index is 510. The largest absolute Gasteiger partial charge is 0.465 e. The zero-order valence-electron chi connectivity index (χ0n) is 15.8. The predicted molar refractivity (Wildman–Crippen MR) is 95.7 cm³/mol. The van der Waals surface area contributed by atoms with Gasteiger partial charge in [-0.05, 0) is 44.4 Å². The molecule has 0 aromatic carbocycles. The Hall–Kier alpha value is -1.50. The molecule has 0 unspecified atom stereocenters. The van der Waals surface area contributed by atoms with Crippen LogP contribution in [0.5, 0.6) is 0 Å². The van der Waals surface area contributed by atoms with E-state index in [0.29, 0.717) is 18.6 Å². The van der Waals surface area contributed by atoms with Crippen molar-refractivity contribution in [1.29, 1.82) is 0 Å². The first-order chi connectivity index (χ1) is 11.8. The van der Waals surface area contributed by atoms with Gasteiger partial charge < -0.3 is 24.7 Å². The maximum Gasteiger partial charge on any atom is 0.407 e. The molecule has 2 aliphatic heterocycles. The van der Waals surface area contributed by atoms with Gasteiger partial charge in [0.05, 0.1) is 0 Å². The van der Waals surface area contributed by atoms with Crippen molar-refractivity contribution in [2.45, 2.75) is 51.1 Å². The molecular weight excluding hydrogens is 320 g/mol. The van der Waals surface area contributed by atoms with E-state index in [9.17, 15) is 9.59 Å². The smallest absolute Gasteiger partial charge is 0.407 e. The van der Waals surface area contributed by atoms with Crippen molar-refractivity contribution in [3.63, 3.8) is 0 Å². The Morgan fingerprint density at radius 1 is 1.16 bits per heavy atom. The standard InChI is InChI=1S/C18H32N4O3/c1-4-22(16(23)19(2)3)14-5-8-20(9-6-14)15-11-18(12-15)7-10-21(13-18)17(24)25/h14-15H,4-13H2,1-3H3,(H,24,25). The van der Waals surface area contributed by atoms with Gasteiger partial charge in [0.25, 0.3) is 0 Å². The molecule has 25 heavy (non-hydrogen) atoms. The average Bonchev–Trinajstić information content (AvgIpc) is 3.00. The van der Waals surface area contributed by atoms with Crippen LogP contribution in [-0.2, 0) is 0 Å². The number of amides is 3. The summed E-state index contributed by atoms with van der Waals surface area (Å²) in [5, 5.41) is 9.15. The van der Waals surface area contributed by atoms with Gasteiger partial charge in [-0.15, -0.1) is 0 Å². The second kappa shape index (κ2) is 7.02. The molecule has 2 heterocycles. The van der Waals surface area contributed by atoms with Crippen molar-refractivity contribution in [1.82, 2.24) is 19.6 Å². The lowest BCUT2D eigenvalue weighted by atomic mass is 9.64. The average molecular weight is 352 g/mol. The molecule has 0 aromatic heterocycles. The Kier molecular flexibility index (Phi) is 5.14. The van der Waals surface area contributed by atoms with E-state index in [1.807, 2.05) is 19.0 Å². The lowest BCUT2D eigenvalue weighted by Crippen LogP contribution is -2.57. The van der Waals surface area contributed by atoms with Crippen LogP contribution >= 0.6 is 0 Å². The number of piperidine rings is 1. The Morgan fingerprint density at radius 3 is 2.28 bits per heavy atom. The summed E-state index contributed by atoms with van der Waals surface area (Å²) in [6.45, 7) is 6.33. The molecule has 0 aromatic rings. The van der Waals surface area contributed by atoms with E-state index in [0.717, 1.165) is 58.3 Å². The lowest BCUT2D eigenvalue weighted by Gasteiger charge is -2.52. The van der Waals surface area contributed by atoms with Gasteiger partial charge >= 0.3 is 12.1 Å². The highest BCUT2D eigenvalue weighted by atomic mass is 16.4. The van der Waals surface area contributed by atoms with Crippen LogP contribution in [0, 0.1) is 5.41 Å². The molecule has 0 bridgehead atoms. The molecule has 7 nitrogen and oxygen atoms in total. The minimum Gasteiger partial charge on any atom is -0.465 e. The van der Waals surface area contributed by atoms with Crippen LogP contribution in [0.4, 0.5) is 9.59 Å². The zero-order chi connectivity index (χ0) is 18.2. The summed E-state index contributed by atoms with van der Waals surface area (Å²) in [4.78, 5) is 31.2. The second-order valence-electron chi connectivity index (χ2n) is 8.25. The maximum absolute atomic E-state index is 12.3. The Balaban J connectivity index is 1.46. The van der Waals surface area contributed by atoms with Crippen LogP contribution in [0.25, 0.3) is 0 Å². The molecule has 3 amide bonds.